The van der Waals surface area contributed by atoms with Crippen molar-refractivity contribution in [3.8, 4) is 0 Å². The fraction of sp³-hybridized carbons (Fsp3) is 0.538. The van der Waals surface area contributed by atoms with Gasteiger partial charge in [-0.3, -0.25) is 0 Å². The molecule has 0 aromatic rings. The van der Waals surface area contributed by atoms with Gasteiger partial charge in [-0.1, -0.05) is 17.7 Å². The summed E-state index contributed by atoms with van der Waals surface area (Å²) < 4.78 is 5.10. The summed E-state index contributed by atoms with van der Waals surface area (Å²) in [5.41, 5.74) is -0.370. The van der Waals surface area contributed by atoms with Crippen molar-refractivity contribution in [2.24, 2.45) is 5.92 Å². The Balaban J connectivity index is 2.47. The van der Waals surface area contributed by atoms with Gasteiger partial charge in [0.2, 0.25) is 0 Å². The minimum absolute atomic E-state index is 0.114. The van der Waals surface area contributed by atoms with Crippen LogP contribution in [-0.4, -0.2) is 29.3 Å². The Morgan fingerprint density at radius 3 is 2.63 bits per heavy atom. The maximum Gasteiger partial charge on any atom is 0.407 e. The summed E-state index contributed by atoms with van der Waals surface area (Å²) in [6, 6.07) is 0. The van der Waals surface area contributed by atoms with Gasteiger partial charge in [0, 0.05) is 17.5 Å². The van der Waals surface area contributed by atoms with E-state index in [4.69, 9.17) is 21.4 Å². The third-order valence-corrected chi connectivity index (χ3v) is 2.86. The number of carbonyl (C=O) groups is 2. The number of allylic oxidation sites excluding steroid dienone is 1. The number of nitrogens with one attached hydrogen (secondary N) is 1. The van der Waals surface area contributed by atoms with E-state index in [-0.39, 0.29) is 11.5 Å². The van der Waals surface area contributed by atoms with Gasteiger partial charge in [-0.15, -0.1) is 0 Å². The van der Waals surface area contributed by atoms with E-state index in [1.807, 2.05) is 0 Å². The van der Waals surface area contributed by atoms with Crippen molar-refractivity contribution in [1.29, 1.82) is 0 Å². The Morgan fingerprint density at radius 1 is 1.53 bits per heavy atom. The van der Waals surface area contributed by atoms with E-state index in [1.165, 1.54) is 6.08 Å². The molecule has 106 valence electrons. The third kappa shape index (κ3) is 5.34. The molecule has 0 aromatic carbocycles. The standard InChI is InChI=1S/C13H18ClNO4/c1-13(2,3)19-12(18)15-7-9-5-4-8(11(16)17)6-10(9)14/h4,6,9H,5,7H2,1-3H3,(H,15,18)(H,16,17). The Kier molecular flexibility index (Phi) is 5.00. The number of aliphatic carboxylic acids is 1. The molecule has 1 aliphatic rings. The zero-order chi connectivity index (χ0) is 14.6. The van der Waals surface area contributed by atoms with Crippen LogP contribution >= 0.6 is 11.6 Å². The number of ether oxygens (including phenoxy) is 1. The Bertz CT molecular complexity index is 434. The van der Waals surface area contributed by atoms with E-state index in [9.17, 15) is 9.59 Å². The molecule has 0 saturated heterocycles. The van der Waals surface area contributed by atoms with Crippen LogP contribution in [-0.2, 0) is 9.53 Å². The number of carboxylic acid groups (broad SMARTS) is 1. The van der Waals surface area contributed by atoms with E-state index < -0.39 is 17.7 Å². The van der Waals surface area contributed by atoms with E-state index in [0.29, 0.717) is 18.0 Å². The first-order valence-electron chi connectivity index (χ1n) is 5.96. The van der Waals surface area contributed by atoms with Crippen LogP contribution in [0.25, 0.3) is 0 Å². The van der Waals surface area contributed by atoms with Gasteiger partial charge in [0.15, 0.2) is 0 Å². The largest absolute Gasteiger partial charge is 0.478 e. The first-order valence-corrected chi connectivity index (χ1v) is 6.34. The number of amides is 1. The molecule has 1 amide bonds. The number of alkyl carbamates (subject to hydrolysis) is 1. The molecule has 6 heteroatoms. The van der Waals surface area contributed by atoms with Crippen LogP contribution in [0.4, 0.5) is 4.79 Å². The normalized spacial score (nSPS) is 19.3. The van der Waals surface area contributed by atoms with Crippen LogP contribution in [0.5, 0.6) is 0 Å². The fourth-order valence-electron chi connectivity index (χ4n) is 1.56. The predicted molar refractivity (Wildman–Crippen MR) is 72.0 cm³/mol. The van der Waals surface area contributed by atoms with Gasteiger partial charge in [-0.05, 0) is 33.3 Å². The van der Waals surface area contributed by atoms with Crippen LogP contribution in [0.1, 0.15) is 27.2 Å². The second kappa shape index (κ2) is 6.10. The number of carbonyl (C=O) groups excluding carboxylic acids is 1. The highest BCUT2D eigenvalue weighted by molar-refractivity contribution is 6.30. The summed E-state index contributed by atoms with van der Waals surface area (Å²) >= 11 is 6.00. The molecule has 0 spiro atoms. The average molecular weight is 288 g/mol. The van der Waals surface area contributed by atoms with Gasteiger partial charge in [0.1, 0.15) is 5.60 Å². The highest BCUT2D eigenvalue weighted by atomic mass is 35.5. The number of halogens is 1. The van der Waals surface area contributed by atoms with E-state index in [1.54, 1.807) is 26.8 Å². The summed E-state index contributed by atoms with van der Waals surface area (Å²) in [4.78, 5) is 22.2. The smallest absolute Gasteiger partial charge is 0.407 e. The van der Waals surface area contributed by atoms with E-state index in [0.717, 1.165) is 0 Å². The van der Waals surface area contributed by atoms with Gasteiger partial charge in [0.25, 0.3) is 0 Å². The average Bonchev–Trinajstić information content (AvgIpc) is 2.24. The van der Waals surface area contributed by atoms with Crippen molar-refractivity contribution < 1.29 is 19.4 Å². The topological polar surface area (TPSA) is 75.6 Å². The molecule has 0 aliphatic heterocycles. The lowest BCUT2D eigenvalue weighted by atomic mass is 9.96. The van der Waals surface area contributed by atoms with Crippen LogP contribution in [0.3, 0.4) is 0 Å². The van der Waals surface area contributed by atoms with Crippen molar-refractivity contribution >= 4 is 23.7 Å². The molecule has 0 radical (unpaired) electrons. The van der Waals surface area contributed by atoms with Gasteiger partial charge in [-0.25, -0.2) is 9.59 Å². The van der Waals surface area contributed by atoms with Crippen LogP contribution in [0.15, 0.2) is 22.8 Å². The number of hydrogen-bond acceptors (Lipinski definition) is 3. The zero-order valence-corrected chi connectivity index (χ0v) is 12.0. The Hall–Kier alpha value is -1.49. The van der Waals surface area contributed by atoms with Gasteiger partial charge in [-0.2, -0.15) is 0 Å². The molecular weight excluding hydrogens is 270 g/mol. The van der Waals surface area contributed by atoms with Gasteiger partial charge >= 0.3 is 12.1 Å². The molecule has 5 nitrogen and oxygen atoms in total. The first kappa shape index (κ1) is 15.6. The molecule has 1 atom stereocenters. The summed E-state index contributed by atoms with van der Waals surface area (Å²) in [5.74, 6) is -1.12. The van der Waals surface area contributed by atoms with Crippen molar-refractivity contribution in [1.82, 2.24) is 5.32 Å². The molecule has 0 saturated carbocycles. The molecular formula is C13H18ClNO4. The first-order chi connectivity index (χ1) is 8.69. The maximum atomic E-state index is 11.5. The molecule has 0 fully saturated rings. The maximum absolute atomic E-state index is 11.5. The van der Waals surface area contributed by atoms with Crippen LogP contribution in [0, 0.1) is 5.92 Å². The minimum Gasteiger partial charge on any atom is -0.478 e. The predicted octanol–water partition coefficient (Wildman–Crippen LogP) is 2.66. The summed E-state index contributed by atoms with van der Waals surface area (Å²) in [7, 11) is 0. The second-order valence-electron chi connectivity index (χ2n) is 5.31. The molecule has 0 aromatic heterocycles. The van der Waals surface area contributed by atoms with Crippen molar-refractivity contribution in [3.63, 3.8) is 0 Å². The molecule has 0 bridgehead atoms. The molecule has 19 heavy (non-hydrogen) atoms. The lowest BCUT2D eigenvalue weighted by Gasteiger charge is -2.22. The Labute approximate surface area is 117 Å². The van der Waals surface area contributed by atoms with Crippen molar-refractivity contribution in [2.75, 3.05) is 6.54 Å². The van der Waals surface area contributed by atoms with Gasteiger partial charge in [0.05, 0.1) is 5.57 Å². The van der Waals surface area contributed by atoms with Crippen molar-refractivity contribution in [2.45, 2.75) is 32.8 Å². The van der Waals surface area contributed by atoms with Crippen molar-refractivity contribution in [3.05, 3.63) is 22.8 Å². The SMILES string of the molecule is CC(C)(C)OC(=O)NCC1CC=C(C(=O)O)C=C1Cl. The third-order valence-electron chi connectivity index (χ3n) is 2.44. The van der Waals surface area contributed by atoms with E-state index in [2.05, 4.69) is 5.32 Å². The fourth-order valence-corrected chi connectivity index (χ4v) is 1.84. The zero-order valence-electron chi connectivity index (χ0n) is 11.2. The monoisotopic (exact) mass is 287 g/mol. The molecule has 1 rings (SSSR count). The summed E-state index contributed by atoms with van der Waals surface area (Å²) in [6.45, 7) is 5.65. The van der Waals surface area contributed by atoms with Crippen LogP contribution < -0.4 is 5.32 Å². The molecule has 1 unspecified atom stereocenters. The molecule has 1 aliphatic carbocycles. The summed E-state index contributed by atoms with van der Waals surface area (Å²) in [5, 5.41) is 11.9. The number of hydrogen-bond donors (Lipinski definition) is 2. The summed E-state index contributed by atoms with van der Waals surface area (Å²) in [6.07, 6.45) is 2.97. The van der Waals surface area contributed by atoms with E-state index >= 15 is 0 Å². The second-order valence-corrected chi connectivity index (χ2v) is 5.75. The Morgan fingerprint density at radius 2 is 2.16 bits per heavy atom. The minimum atomic E-state index is -1.00. The van der Waals surface area contributed by atoms with Crippen LogP contribution in [0.2, 0.25) is 0 Å². The number of carboxylic acids is 1. The highest BCUT2D eigenvalue weighted by Gasteiger charge is 2.21. The quantitative estimate of drug-likeness (QED) is 0.837. The molecule has 0 heterocycles. The molecule has 2 N–H and O–H groups in total. The van der Waals surface area contributed by atoms with Gasteiger partial charge < -0.3 is 15.2 Å². The lowest BCUT2D eigenvalue weighted by molar-refractivity contribution is -0.132. The number of rotatable bonds is 3. The highest BCUT2D eigenvalue weighted by Crippen LogP contribution is 2.26. The lowest BCUT2D eigenvalue weighted by Crippen LogP contribution is -2.35.